The predicted octanol–water partition coefficient (Wildman–Crippen LogP) is 2.64. The van der Waals surface area contributed by atoms with Crippen molar-refractivity contribution in [1.29, 1.82) is 0 Å². The van der Waals surface area contributed by atoms with Crippen molar-refractivity contribution in [2.24, 2.45) is 0 Å². The lowest BCUT2D eigenvalue weighted by Crippen LogP contribution is -2.26. The second kappa shape index (κ2) is 6.40. The van der Waals surface area contributed by atoms with E-state index < -0.39 is 0 Å². The van der Waals surface area contributed by atoms with Crippen molar-refractivity contribution in [2.75, 3.05) is 25.6 Å². The quantitative estimate of drug-likeness (QED) is 0.937. The molecule has 1 aliphatic carbocycles. The van der Waals surface area contributed by atoms with Crippen LogP contribution >= 0.6 is 0 Å². The van der Waals surface area contributed by atoms with Crippen LogP contribution < -0.4 is 15.0 Å². The molecule has 5 nitrogen and oxygen atoms in total. The van der Waals surface area contributed by atoms with Crippen LogP contribution in [0.4, 0.5) is 5.95 Å². The molecule has 1 aliphatic heterocycles. The summed E-state index contributed by atoms with van der Waals surface area (Å²) in [6.45, 7) is 1.68. The van der Waals surface area contributed by atoms with Crippen LogP contribution in [-0.2, 0) is 19.4 Å². The first kappa shape index (κ1) is 15.4. The summed E-state index contributed by atoms with van der Waals surface area (Å²) in [7, 11) is 3.97. The third-order valence-corrected chi connectivity index (χ3v) is 4.88. The molecule has 0 bridgehead atoms. The molecule has 2 aromatic rings. The first-order valence-electron chi connectivity index (χ1n) is 8.72. The summed E-state index contributed by atoms with van der Waals surface area (Å²) in [6, 6.07) is 6.87. The highest BCUT2D eigenvalue weighted by Gasteiger charge is 2.22. The highest BCUT2D eigenvalue weighted by Crippen LogP contribution is 2.30. The van der Waals surface area contributed by atoms with Gasteiger partial charge >= 0.3 is 0 Å². The van der Waals surface area contributed by atoms with Crippen LogP contribution in [0, 0.1) is 0 Å². The molecule has 5 heteroatoms. The van der Waals surface area contributed by atoms with E-state index in [2.05, 4.69) is 28.5 Å². The van der Waals surface area contributed by atoms with Gasteiger partial charge in [0.05, 0.1) is 12.3 Å². The molecule has 0 fully saturated rings. The summed E-state index contributed by atoms with van der Waals surface area (Å²) in [6.07, 6.45) is 6.40. The van der Waals surface area contributed by atoms with Gasteiger partial charge in [-0.25, -0.2) is 9.97 Å². The summed E-state index contributed by atoms with van der Waals surface area (Å²) in [4.78, 5) is 11.2. The molecule has 24 heavy (non-hydrogen) atoms. The summed E-state index contributed by atoms with van der Waals surface area (Å²) in [5.74, 6) is 1.85. The lowest BCUT2D eigenvalue weighted by atomic mass is 9.92. The van der Waals surface area contributed by atoms with E-state index in [9.17, 15) is 0 Å². The smallest absolute Gasteiger partial charge is 0.225 e. The van der Waals surface area contributed by atoms with Crippen molar-refractivity contribution in [3.8, 4) is 5.75 Å². The molecule has 4 rings (SSSR count). The van der Waals surface area contributed by atoms with E-state index >= 15 is 0 Å². The van der Waals surface area contributed by atoms with Crippen LogP contribution in [0.15, 0.2) is 24.4 Å². The van der Waals surface area contributed by atoms with E-state index in [4.69, 9.17) is 9.72 Å². The van der Waals surface area contributed by atoms with E-state index in [0.717, 1.165) is 44.1 Å². The van der Waals surface area contributed by atoms with Crippen LogP contribution in [0.25, 0.3) is 0 Å². The van der Waals surface area contributed by atoms with Crippen LogP contribution in [0.1, 0.15) is 41.3 Å². The van der Waals surface area contributed by atoms with Crippen molar-refractivity contribution < 1.29 is 4.74 Å². The van der Waals surface area contributed by atoms with Gasteiger partial charge in [0.1, 0.15) is 5.75 Å². The number of anilines is 1. The molecule has 1 unspecified atom stereocenters. The Bertz CT molecular complexity index is 744. The fourth-order valence-electron chi connectivity index (χ4n) is 3.55. The predicted molar refractivity (Wildman–Crippen MR) is 94.5 cm³/mol. The largest absolute Gasteiger partial charge is 0.493 e. The third kappa shape index (κ3) is 2.96. The second-order valence-electron chi connectivity index (χ2n) is 6.83. The first-order valence-corrected chi connectivity index (χ1v) is 8.72. The third-order valence-electron chi connectivity index (χ3n) is 4.88. The van der Waals surface area contributed by atoms with E-state index in [-0.39, 0.29) is 0 Å². The minimum absolute atomic E-state index is 0.342. The van der Waals surface area contributed by atoms with Gasteiger partial charge in [0.15, 0.2) is 0 Å². The van der Waals surface area contributed by atoms with Gasteiger partial charge in [0, 0.05) is 44.9 Å². The molecular formula is C19H24N4O. The zero-order valence-corrected chi connectivity index (χ0v) is 14.4. The average Bonchev–Trinajstić information content (AvgIpc) is 3.07. The Labute approximate surface area is 143 Å². The maximum absolute atomic E-state index is 5.58. The zero-order chi connectivity index (χ0) is 16.5. The van der Waals surface area contributed by atoms with Crippen LogP contribution in [0.3, 0.4) is 0 Å². The zero-order valence-electron chi connectivity index (χ0n) is 14.4. The highest BCUT2D eigenvalue weighted by molar-refractivity contribution is 5.40. The Morgan fingerprint density at radius 1 is 1.29 bits per heavy atom. The van der Waals surface area contributed by atoms with Crippen molar-refractivity contribution in [3.63, 3.8) is 0 Å². The molecule has 126 valence electrons. The van der Waals surface area contributed by atoms with Gasteiger partial charge in [-0.05, 0) is 36.5 Å². The van der Waals surface area contributed by atoms with Gasteiger partial charge in [-0.15, -0.1) is 0 Å². The van der Waals surface area contributed by atoms with E-state index in [1.165, 1.54) is 28.8 Å². The Balaban J connectivity index is 1.48. The number of aryl methyl sites for hydroxylation is 1. The fourth-order valence-corrected chi connectivity index (χ4v) is 3.55. The van der Waals surface area contributed by atoms with Crippen molar-refractivity contribution in [1.82, 2.24) is 15.3 Å². The monoisotopic (exact) mass is 324 g/mol. The van der Waals surface area contributed by atoms with E-state index in [1.54, 1.807) is 0 Å². The van der Waals surface area contributed by atoms with Crippen molar-refractivity contribution >= 4 is 5.95 Å². The Hall–Kier alpha value is -2.14. The molecule has 1 aromatic carbocycles. The molecule has 0 saturated carbocycles. The number of rotatable bonds is 4. The van der Waals surface area contributed by atoms with Crippen molar-refractivity contribution in [3.05, 3.63) is 46.8 Å². The highest BCUT2D eigenvalue weighted by atomic mass is 16.5. The Morgan fingerprint density at radius 2 is 2.21 bits per heavy atom. The second-order valence-corrected chi connectivity index (χ2v) is 6.83. The Kier molecular flexibility index (Phi) is 4.10. The summed E-state index contributed by atoms with van der Waals surface area (Å²) in [5, 5.41) is 3.70. The minimum atomic E-state index is 0.342. The topological polar surface area (TPSA) is 50.3 Å². The minimum Gasteiger partial charge on any atom is -0.493 e. The van der Waals surface area contributed by atoms with Gasteiger partial charge in [-0.2, -0.15) is 0 Å². The number of hydrogen-bond acceptors (Lipinski definition) is 5. The van der Waals surface area contributed by atoms with Gasteiger partial charge in [-0.3, -0.25) is 0 Å². The number of fused-ring (bicyclic) bond motifs is 2. The molecule has 0 amide bonds. The SMILES string of the molecule is CN(C)c1ncc2c(n1)CCCC2NCc1ccc2c(c1)CCO2. The summed E-state index contributed by atoms with van der Waals surface area (Å²) < 4.78 is 5.58. The number of hydrogen-bond donors (Lipinski definition) is 1. The molecule has 0 saturated heterocycles. The van der Waals surface area contributed by atoms with Gasteiger partial charge < -0.3 is 15.0 Å². The molecular weight excluding hydrogens is 300 g/mol. The normalized spacial score (nSPS) is 18.7. The van der Waals surface area contributed by atoms with E-state index in [0.29, 0.717) is 6.04 Å². The molecule has 0 spiro atoms. The van der Waals surface area contributed by atoms with Gasteiger partial charge in [-0.1, -0.05) is 12.1 Å². The maximum Gasteiger partial charge on any atom is 0.225 e. The molecule has 2 aliphatic rings. The van der Waals surface area contributed by atoms with Crippen LogP contribution in [0.2, 0.25) is 0 Å². The number of nitrogens with zero attached hydrogens (tertiary/aromatic N) is 3. The van der Waals surface area contributed by atoms with Crippen LogP contribution in [0.5, 0.6) is 5.75 Å². The van der Waals surface area contributed by atoms with Gasteiger partial charge in [0.2, 0.25) is 5.95 Å². The molecule has 2 heterocycles. The summed E-state index contributed by atoms with van der Waals surface area (Å²) in [5.41, 5.74) is 5.10. The average molecular weight is 324 g/mol. The van der Waals surface area contributed by atoms with E-state index in [1.807, 2.05) is 25.2 Å². The lowest BCUT2D eigenvalue weighted by molar-refractivity contribution is 0.357. The van der Waals surface area contributed by atoms with Crippen molar-refractivity contribution in [2.45, 2.75) is 38.3 Å². The van der Waals surface area contributed by atoms with Gasteiger partial charge in [0.25, 0.3) is 0 Å². The maximum atomic E-state index is 5.58. The van der Waals surface area contributed by atoms with Crippen LogP contribution in [-0.4, -0.2) is 30.7 Å². The summed E-state index contributed by atoms with van der Waals surface area (Å²) >= 11 is 0. The lowest BCUT2D eigenvalue weighted by Gasteiger charge is -2.26. The molecule has 0 radical (unpaired) electrons. The molecule has 1 aromatic heterocycles. The number of benzene rings is 1. The Morgan fingerprint density at radius 3 is 3.08 bits per heavy atom. The first-order chi connectivity index (χ1) is 11.7. The standard InChI is InChI=1S/C19H24N4O/c1-23(2)19-21-12-15-16(4-3-5-17(15)22-19)20-11-13-6-7-18-14(10-13)8-9-24-18/h6-7,10,12,16,20H,3-5,8-9,11H2,1-2H3. The number of ether oxygens (including phenoxy) is 1. The number of aromatic nitrogens is 2. The number of nitrogens with one attached hydrogen (secondary N) is 1. The molecule has 1 atom stereocenters. The fraction of sp³-hybridized carbons (Fsp3) is 0.474. The molecule has 1 N–H and O–H groups in total.